The van der Waals surface area contributed by atoms with Gasteiger partial charge in [-0.1, -0.05) is 86.4 Å². The molecule has 6 N–H and O–H groups in total. The van der Waals surface area contributed by atoms with E-state index in [1.165, 1.54) is 32.5 Å². The molecule has 4 aromatic heterocycles. The Kier molecular flexibility index (Phi) is 24.2. The van der Waals surface area contributed by atoms with Crippen LogP contribution in [0.25, 0.3) is 43.2 Å². The number of carboxylic acids is 1. The Morgan fingerprint density at radius 2 is 0.963 bits per heavy atom. The Balaban J connectivity index is 0.000000187. The van der Waals surface area contributed by atoms with Gasteiger partial charge in [-0.25, -0.2) is 51.5 Å². The monoisotopic (exact) mass is 1570 g/mol. The van der Waals surface area contributed by atoms with Crippen LogP contribution in [0.3, 0.4) is 0 Å². The molecule has 14 rings (SSSR count). The molecule has 31 heteroatoms. The molecule has 4 saturated carbocycles. The minimum atomic E-state index is -3.85. The van der Waals surface area contributed by atoms with Gasteiger partial charge in [0, 0.05) is 25.7 Å². The molecule has 2 aromatic carbocycles. The van der Waals surface area contributed by atoms with Crippen molar-refractivity contribution >= 4 is 112 Å². The van der Waals surface area contributed by atoms with Crippen LogP contribution < -0.4 is 30.0 Å². The molecule has 5 amide bonds. The number of ether oxygens (including phenoxy) is 4. The number of Topliss-reactive ketones (excluding diaryl/α,β-unsaturated/α-hetero) is 2. The molecule has 27 nitrogen and oxygen atoms in total. The third kappa shape index (κ3) is 20.1. The number of hydrogen-bond donors (Lipinski definition) is 5. The molecule has 0 spiro atoms. The highest BCUT2D eigenvalue weighted by Gasteiger charge is 2.63. The van der Waals surface area contributed by atoms with E-state index in [9.17, 15) is 60.3 Å². The first-order chi connectivity index (χ1) is 51.8. The molecule has 10 atom stereocenters. The first kappa shape index (κ1) is 79.8. The number of carboxylic acid groups (broad SMARTS) is 1. The summed E-state index contributed by atoms with van der Waals surface area (Å²) in [5.74, 6) is -3.26. The zero-order valence-electron chi connectivity index (χ0n) is 62.1. The third-order valence-corrected chi connectivity index (χ3v) is 25.7. The van der Waals surface area contributed by atoms with Crippen molar-refractivity contribution in [2.45, 2.75) is 228 Å². The number of benzene rings is 2. The quantitative estimate of drug-likeness (QED) is 0.0670. The lowest BCUT2D eigenvalue weighted by molar-refractivity contribution is -0.147. The van der Waals surface area contributed by atoms with E-state index in [1.807, 2.05) is 108 Å². The van der Waals surface area contributed by atoms with Crippen LogP contribution in [-0.4, -0.2) is 170 Å². The molecule has 8 heterocycles. The number of amides is 5. The number of sulfonamides is 2. The first-order valence-corrected chi connectivity index (χ1v) is 42.4. The number of aromatic nitrogens is 4. The van der Waals surface area contributed by atoms with Gasteiger partial charge >= 0.3 is 18.2 Å². The molecule has 2 unspecified atom stereocenters. The molecule has 8 aliphatic rings. The number of nitrogens with one attached hydrogen (secondary N) is 3. The van der Waals surface area contributed by atoms with Crippen molar-refractivity contribution in [3.63, 3.8) is 0 Å². The maximum Gasteiger partial charge on any atom is 0.408 e. The van der Waals surface area contributed by atoms with Crippen molar-refractivity contribution in [2.24, 2.45) is 27.8 Å². The lowest BCUT2D eigenvalue weighted by atomic mass is 9.91. The number of alkyl carbamates (subject to hydrolysis) is 2. The highest BCUT2D eigenvalue weighted by molar-refractivity contribution is 7.91. The number of hydrogen-bond acceptors (Lipinski definition) is 22. The number of ketones is 2. The Hall–Kier alpha value is -8.78. The number of para-hydroxylation sites is 4. The van der Waals surface area contributed by atoms with Crippen molar-refractivity contribution < 1.29 is 79.2 Å². The van der Waals surface area contributed by atoms with Gasteiger partial charge in [0.05, 0.1) is 78.3 Å². The lowest BCUT2D eigenvalue weighted by Crippen LogP contribution is -2.53. The first-order valence-electron chi connectivity index (χ1n) is 37.5. The second-order valence-corrected chi connectivity index (χ2v) is 37.4. The minimum absolute atomic E-state index is 0.0126. The largest absolute Gasteiger partial charge is 0.481 e. The van der Waals surface area contributed by atoms with Crippen molar-refractivity contribution in [3.8, 4) is 32.9 Å². The Morgan fingerprint density at radius 3 is 1.35 bits per heavy atom. The van der Waals surface area contributed by atoms with Crippen LogP contribution >= 0.6 is 22.7 Å². The predicted octanol–water partition coefficient (Wildman–Crippen LogP) is 11.3. The smallest absolute Gasteiger partial charge is 0.408 e. The molecule has 584 valence electrons. The van der Waals surface area contributed by atoms with Gasteiger partial charge in [0.15, 0.2) is 11.6 Å². The Morgan fingerprint density at radius 1 is 0.550 bits per heavy atom. The molecule has 6 fully saturated rings. The van der Waals surface area contributed by atoms with E-state index in [-0.39, 0.29) is 73.3 Å². The van der Waals surface area contributed by atoms with Crippen molar-refractivity contribution in [3.05, 3.63) is 108 Å². The third-order valence-electron chi connectivity index (χ3n) is 20.7. The number of nitrogens with two attached hydrogens (primary N) is 1. The molecule has 0 radical (unpaired) electrons. The van der Waals surface area contributed by atoms with Gasteiger partial charge in [-0.15, -0.1) is 22.7 Å². The van der Waals surface area contributed by atoms with E-state index < -0.39 is 120 Å². The SMILES string of the molecule is CC(C)(C)OC(=O)N[C@H]1CCCCC/C=C\[C@@H]2C[C@@]2(C(=O)NS(=O)(=O)C2CC2)CC(=O)[C@@H]2CC(Oc3nc4ccccc4nc3-c3cccs3)CN2C1=O.CC(C)(C)OC(=O)N[C@H]1CCCCC/C=C\[C@@H]2C[C@@]2(C(=O)O)CC(=O)[C@@H]2CC(Oc3nc4ccccc4nc3-c3cccs3)CN2C1=O.NS(=O)(=O)C1CC1. The highest BCUT2D eigenvalue weighted by atomic mass is 32.2. The van der Waals surface area contributed by atoms with Crippen LogP contribution in [0.5, 0.6) is 11.8 Å². The average molecular weight is 1570 g/mol. The van der Waals surface area contributed by atoms with Crippen LogP contribution in [0.4, 0.5) is 9.59 Å². The van der Waals surface area contributed by atoms with E-state index in [4.69, 9.17) is 44.0 Å². The van der Waals surface area contributed by atoms with Crippen LogP contribution in [0.15, 0.2) is 108 Å². The fraction of sp³-hybridized carbons (Fsp3) is 0.538. The number of allylic oxidation sites excluding steroid dienone is 4. The zero-order valence-corrected chi connectivity index (χ0v) is 65.4. The molecule has 4 aliphatic heterocycles. The molecule has 4 aliphatic carbocycles. The number of carbonyl (C=O) groups excluding carboxylic acids is 7. The second kappa shape index (κ2) is 33.0. The Bertz CT molecular complexity index is 4690. The number of fused-ring (bicyclic) bond motifs is 6. The number of rotatable bonds is 13. The van der Waals surface area contributed by atoms with Crippen molar-refractivity contribution in [2.75, 3.05) is 13.1 Å². The van der Waals surface area contributed by atoms with Crippen LogP contribution in [0, 0.1) is 22.7 Å². The molecular weight excluding hydrogens is 1480 g/mol. The number of primary sulfonamides is 1. The van der Waals surface area contributed by atoms with E-state index in [2.05, 4.69) is 15.4 Å². The van der Waals surface area contributed by atoms with Crippen molar-refractivity contribution in [1.29, 1.82) is 0 Å². The summed E-state index contributed by atoms with van der Waals surface area (Å²) in [5.41, 5.74) is -0.245. The van der Waals surface area contributed by atoms with Gasteiger partial charge in [0.1, 0.15) is 46.9 Å². The van der Waals surface area contributed by atoms with E-state index in [1.54, 1.807) is 41.5 Å². The highest BCUT2D eigenvalue weighted by Crippen LogP contribution is 2.58. The van der Waals surface area contributed by atoms with Gasteiger partial charge in [-0.3, -0.25) is 33.5 Å². The predicted molar refractivity (Wildman–Crippen MR) is 410 cm³/mol. The van der Waals surface area contributed by atoms with Gasteiger partial charge < -0.3 is 44.5 Å². The fourth-order valence-corrected chi connectivity index (χ4v) is 18.1. The van der Waals surface area contributed by atoms with E-state index in [0.717, 1.165) is 61.1 Å². The topological polar surface area (TPSA) is 382 Å². The second-order valence-electron chi connectivity index (χ2n) is 31.7. The summed E-state index contributed by atoms with van der Waals surface area (Å²) < 4.78 is 72.5. The van der Waals surface area contributed by atoms with Crippen LogP contribution in [0.2, 0.25) is 0 Å². The number of carbonyl (C=O) groups is 8. The summed E-state index contributed by atoms with van der Waals surface area (Å²) in [6.45, 7) is 10.5. The summed E-state index contributed by atoms with van der Waals surface area (Å²) in [5, 5.41) is 23.5. The number of nitrogens with zero attached hydrogens (tertiary/aromatic N) is 6. The standard InChI is InChI=1S/C39H47N5O8S2.C36H42N4O7S.C3H7NO2S/c1-38(2,3)52-37(48)42-29-15-8-6-4-5-7-12-24-21-39(24,36(47)43-54(49,50)26-17-18-26)22-31(45)30-20-25(23-44(30)35(29)46)51-34-33(32-16-11-19-53-32)40-27-13-9-10-14-28(27)41-34;1-35(2,3)47-34(45)39-26-15-8-6-4-5-7-12-22-19-36(22,33(43)44)20-28(41)27-18-23(21-40(27)32(26)42)46-31-30(29-16-11-17-48-29)37-24-13-9-10-14-25(24)38-31;4-7(5,6)3-1-2-3/h7,9-14,16,19,24-26,29-30H,4-6,8,15,17-18,20-23H2,1-3H3,(H,42,48)(H,43,47);7,9-14,16-17,22-23,26-27H,4-6,8,15,18-21H2,1-3H3,(H,39,45)(H,43,44);3H,1-2H2,(H2,4,5,6)/b2*12-7-;/t24-,25?,29+,30+,39-;22-,23?,26+,27+,36-;/m11./s1. The summed E-state index contributed by atoms with van der Waals surface area (Å²) in [6, 6.07) is 18.7. The van der Waals surface area contributed by atoms with Gasteiger partial charge in [-0.2, -0.15) is 0 Å². The normalized spacial score (nSPS) is 26.9. The van der Waals surface area contributed by atoms with Crippen LogP contribution in [-0.2, 0) is 58.3 Å². The summed E-state index contributed by atoms with van der Waals surface area (Å²) in [4.78, 5) is 134. The number of thiophene rings is 2. The molecule has 109 heavy (non-hydrogen) atoms. The van der Waals surface area contributed by atoms with Gasteiger partial charge in [0.2, 0.25) is 49.5 Å². The maximum absolute atomic E-state index is 14.6. The lowest BCUT2D eigenvalue weighted by Gasteiger charge is -2.30. The zero-order chi connectivity index (χ0) is 77.8. The Labute approximate surface area is 642 Å². The molecule has 6 aromatic rings. The molecule has 0 bridgehead atoms. The van der Waals surface area contributed by atoms with Crippen molar-refractivity contribution in [1.82, 2.24) is 45.1 Å². The molecule has 2 saturated heterocycles. The fourth-order valence-electron chi connectivity index (χ4n) is 14.6. The summed E-state index contributed by atoms with van der Waals surface area (Å²) >= 11 is 2.98. The average Bonchev–Trinajstić information content (AvgIpc) is 1.57. The van der Waals surface area contributed by atoms with Gasteiger partial charge in [-0.05, 0) is 178 Å². The maximum atomic E-state index is 14.6. The van der Waals surface area contributed by atoms with E-state index in [0.29, 0.717) is 90.7 Å². The number of aliphatic carboxylic acids is 1. The van der Waals surface area contributed by atoms with E-state index >= 15 is 0 Å². The minimum Gasteiger partial charge on any atom is -0.481 e. The van der Waals surface area contributed by atoms with Gasteiger partial charge in [0.25, 0.3) is 0 Å². The van der Waals surface area contributed by atoms with Crippen LogP contribution in [0.1, 0.15) is 170 Å². The molecular formula is C78H96N10O17S4. The summed E-state index contributed by atoms with van der Waals surface area (Å²) in [6.07, 6.45) is 14.9. The summed E-state index contributed by atoms with van der Waals surface area (Å²) in [7, 11) is -6.98.